The fourth-order valence-electron chi connectivity index (χ4n) is 1.01. The van der Waals surface area contributed by atoms with Crippen molar-refractivity contribution in [3.8, 4) is 0 Å². The van der Waals surface area contributed by atoms with E-state index in [2.05, 4.69) is 5.32 Å². The van der Waals surface area contributed by atoms with Crippen molar-refractivity contribution in [3.63, 3.8) is 0 Å². The Bertz CT molecular complexity index is 399. The molecule has 0 spiro atoms. The van der Waals surface area contributed by atoms with Crippen LogP contribution in [0.4, 0.5) is 23.7 Å². The zero-order chi connectivity index (χ0) is 12.9. The number of hydrogen-bond acceptors (Lipinski definition) is 2. The fraction of sp³-hybridized carbons (Fsp3) is 0.300. The van der Waals surface area contributed by atoms with E-state index >= 15 is 0 Å². The molecule has 3 N–H and O–H groups in total. The second-order valence-corrected chi connectivity index (χ2v) is 3.33. The minimum absolute atomic E-state index is 0.148. The summed E-state index contributed by atoms with van der Waals surface area (Å²) in [6, 6.07) is 4.11. The number of halogens is 3. The van der Waals surface area contributed by atoms with Crippen LogP contribution in [0.15, 0.2) is 24.3 Å². The van der Waals surface area contributed by atoms with Crippen molar-refractivity contribution in [2.45, 2.75) is 5.92 Å². The Morgan fingerprint density at radius 2 is 2.12 bits per heavy atom. The Balaban J connectivity index is 2.45. The van der Waals surface area contributed by atoms with E-state index in [9.17, 15) is 18.0 Å². The molecule has 7 heteroatoms. The molecule has 0 saturated heterocycles. The number of alkyl halides is 2. The summed E-state index contributed by atoms with van der Waals surface area (Å²) in [5.74, 6) is -3.93. The van der Waals surface area contributed by atoms with E-state index in [-0.39, 0.29) is 5.69 Å². The number of hydrogen-bond donors (Lipinski definition) is 3. The van der Waals surface area contributed by atoms with Gasteiger partial charge in [0.1, 0.15) is 12.4 Å². The molecule has 0 aliphatic carbocycles. The van der Waals surface area contributed by atoms with Crippen molar-refractivity contribution in [1.82, 2.24) is 5.32 Å². The van der Waals surface area contributed by atoms with Crippen LogP contribution in [-0.4, -0.2) is 30.2 Å². The first-order chi connectivity index (χ1) is 7.93. The molecule has 1 aromatic carbocycles. The SMILES string of the molecule is O=C(NCC(F)(F)CO)Nc1cccc(F)c1. The molecule has 1 aromatic rings. The molecular formula is C10H11F3N2O2. The van der Waals surface area contributed by atoms with Gasteiger partial charge in [-0.15, -0.1) is 0 Å². The van der Waals surface area contributed by atoms with Crippen LogP contribution < -0.4 is 10.6 Å². The van der Waals surface area contributed by atoms with Crippen molar-refractivity contribution in [2.24, 2.45) is 0 Å². The van der Waals surface area contributed by atoms with Crippen LogP contribution >= 0.6 is 0 Å². The minimum atomic E-state index is -3.38. The van der Waals surface area contributed by atoms with Crippen LogP contribution in [0.1, 0.15) is 0 Å². The van der Waals surface area contributed by atoms with Crippen molar-refractivity contribution >= 4 is 11.7 Å². The quantitative estimate of drug-likeness (QED) is 0.757. The third-order valence-electron chi connectivity index (χ3n) is 1.82. The van der Waals surface area contributed by atoms with Crippen LogP contribution in [0.5, 0.6) is 0 Å². The topological polar surface area (TPSA) is 61.4 Å². The Kier molecular flexibility index (Phi) is 4.33. The molecule has 0 unspecified atom stereocenters. The van der Waals surface area contributed by atoms with Crippen LogP contribution in [0.25, 0.3) is 0 Å². The number of aliphatic hydroxyl groups is 1. The molecule has 0 heterocycles. The summed E-state index contributed by atoms with van der Waals surface area (Å²) in [7, 11) is 0. The first-order valence-electron chi connectivity index (χ1n) is 4.72. The number of urea groups is 1. The summed E-state index contributed by atoms with van der Waals surface area (Å²) < 4.78 is 37.8. The molecule has 2 amide bonds. The molecular weight excluding hydrogens is 237 g/mol. The second kappa shape index (κ2) is 5.53. The van der Waals surface area contributed by atoms with Crippen LogP contribution in [0.2, 0.25) is 0 Å². The molecule has 0 bridgehead atoms. The maximum atomic E-state index is 12.7. The maximum absolute atomic E-state index is 12.7. The standard InChI is InChI=1S/C10H11F3N2O2/c11-7-2-1-3-8(4-7)15-9(17)14-5-10(12,13)6-16/h1-4,16H,5-6H2,(H2,14,15,17). The minimum Gasteiger partial charge on any atom is -0.390 e. The first kappa shape index (κ1) is 13.3. The van der Waals surface area contributed by atoms with E-state index in [0.29, 0.717) is 0 Å². The molecule has 1 rings (SSSR count). The summed E-state index contributed by atoms with van der Waals surface area (Å²) in [5.41, 5.74) is 0.148. The molecule has 0 aromatic heterocycles. The number of nitrogens with one attached hydrogen (secondary N) is 2. The van der Waals surface area contributed by atoms with Crippen LogP contribution in [-0.2, 0) is 0 Å². The lowest BCUT2D eigenvalue weighted by Crippen LogP contribution is -2.40. The first-order valence-corrected chi connectivity index (χ1v) is 4.72. The second-order valence-electron chi connectivity index (χ2n) is 3.33. The van der Waals surface area contributed by atoms with E-state index in [1.165, 1.54) is 18.2 Å². The van der Waals surface area contributed by atoms with Gasteiger partial charge in [0.15, 0.2) is 0 Å². The largest absolute Gasteiger partial charge is 0.390 e. The van der Waals surface area contributed by atoms with E-state index in [1.807, 2.05) is 5.32 Å². The van der Waals surface area contributed by atoms with Gasteiger partial charge in [0, 0.05) is 5.69 Å². The number of amides is 2. The average molecular weight is 248 g/mol. The lowest BCUT2D eigenvalue weighted by Gasteiger charge is -2.14. The van der Waals surface area contributed by atoms with Crippen molar-refractivity contribution in [1.29, 1.82) is 0 Å². The summed E-state index contributed by atoms with van der Waals surface area (Å²) in [5, 5.41) is 12.3. The van der Waals surface area contributed by atoms with Crippen molar-refractivity contribution in [3.05, 3.63) is 30.1 Å². The Hall–Kier alpha value is -1.76. The molecule has 0 fully saturated rings. The zero-order valence-electron chi connectivity index (χ0n) is 8.71. The monoisotopic (exact) mass is 248 g/mol. The van der Waals surface area contributed by atoms with Gasteiger partial charge in [-0.3, -0.25) is 0 Å². The highest BCUT2D eigenvalue weighted by atomic mass is 19.3. The summed E-state index contributed by atoms with van der Waals surface area (Å²) in [6.07, 6.45) is 0. The Labute approximate surface area is 95.4 Å². The third-order valence-corrected chi connectivity index (χ3v) is 1.82. The van der Waals surface area contributed by atoms with Gasteiger partial charge in [0.25, 0.3) is 5.92 Å². The van der Waals surface area contributed by atoms with Gasteiger partial charge in [-0.1, -0.05) is 6.07 Å². The third kappa shape index (κ3) is 4.73. The Morgan fingerprint density at radius 3 is 2.71 bits per heavy atom. The van der Waals surface area contributed by atoms with Gasteiger partial charge >= 0.3 is 6.03 Å². The average Bonchev–Trinajstić information content (AvgIpc) is 2.27. The van der Waals surface area contributed by atoms with Gasteiger partial charge in [0.05, 0.1) is 6.54 Å². The lowest BCUT2D eigenvalue weighted by molar-refractivity contribution is -0.0451. The number of carbonyl (C=O) groups excluding carboxylic acids is 1. The highest BCUT2D eigenvalue weighted by molar-refractivity contribution is 5.89. The number of rotatable bonds is 4. The number of aliphatic hydroxyl groups excluding tert-OH is 1. The van der Waals surface area contributed by atoms with Crippen LogP contribution in [0.3, 0.4) is 0 Å². The molecule has 4 nitrogen and oxygen atoms in total. The lowest BCUT2D eigenvalue weighted by atomic mass is 10.3. The highest BCUT2D eigenvalue weighted by Crippen LogP contribution is 2.11. The number of anilines is 1. The van der Waals surface area contributed by atoms with Crippen molar-refractivity contribution < 1.29 is 23.1 Å². The smallest absolute Gasteiger partial charge is 0.319 e. The molecule has 0 aliphatic rings. The van der Waals surface area contributed by atoms with Gasteiger partial charge in [-0.2, -0.15) is 0 Å². The van der Waals surface area contributed by atoms with Gasteiger partial charge in [0.2, 0.25) is 0 Å². The number of benzene rings is 1. The number of carbonyl (C=O) groups is 1. The molecule has 94 valence electrons. The van der Waals surface area contributed by atoms with Gasteiger partial charge < -0.3 is 15.7 Å². The summed E-state index contributed by atoms with van der Waals surface area (Å²) in [6.45, 7) is -2.35. The fourth-order valence-corrected chi connectivity index (χ4v) is 1.01. The van der Waals surface area contributed by atoms with Gasteiger partial charge in [-0.05, 0) is 18.2 Å². The van der Waals surface area contributed by atoms with Crippen LogP contribution in [0, 0.1) is 5.82 Å². The van der Waals surface area contributed by atoms with E-state index in [4.69, 9.17) is 5.11 Å². The molecule has 0 radical (unpaired) electrons. The van der Waals surface area contributed by atoms with E-state index in [0.717, 1.165) is 6.07 Å². The summed E-state index contributed by atoms with van der Waals surface area (Å²) >= 11 is 0. The predicted octanol–water partition coefficient (Wildman–Crippen LogP) is 1.57. The normalized spacial score (nSPS) is 11.1. The Morgan fingerprint density at radius 1 is 1.41 bits per heavy atom. The molecule has 0 atom stereocenters. The zero-order valence-corrected chi connectivity index (χ0v) is 8.71. The maximum Gasteiger partial charge on any atom is 0.319 e. The highest BCUT2D eigenvalue weighted by Gasteiger charge is 2.28. The summed E-state index contributed by atoms with van der Waals surface area (Å²) in [4.78, 5) is 11.1. The predicted molar refractivity (Wildman–Crippen MR) is 55.5 cm³/mol. The van der Waals surface area contributed by atoms with Crippen molar-refractivity contribution in [2.75, 3.05) is 18.5 Å². The van der Waals surface area contributed by atoms with Gasteiger partial charge in [-0.25, -0.2) is 18.0 Å². The van der Waals surface area contributed by atoms with E-state index < -0.39 is 30.9 Å². The van der Waals surface area contributed by atoms with E-state index in [1.54, 1.807) is 0 Å². The molecule has 0 saturated carbocycles. The molecule has 0 aliphatic heterocycles. The molecule has 17 heavy (non-hydrogen) atoms.